The van der Waals surface area contributed by atoms with E-state index < -0.39 is 0 Å². The van der Waals surface area contributed by atoms with E-state index in [1.165, 1.54) is 7.11 Å². The average molecular weight is 246 g/mol. The van der Waals surface area contributed by atoms with Crippen LogP contribution in [0.3, 0.4) is 0 Å². The fraction of sp³-hybridized carbons (Fsp3) is 0.333. The number of hydrogen-bond acceptors (Lipinski definition) is 3. The zero-order valence-corrected chi connectivity index (χ0v) is 8.97. The minimum absolute atomic E-state index is 0.169. The zero-order valence-electron chi connectivity index (χ0n) is 7.38. The van der Waals surface area contributed by atoms with Gasteiger partial charge in [-0.3, -0.25) is 0 Å². The fourth-order valence-electron chi connectivity index (χ4n) is 1.14. The van der Waals surface area contributed by atoms with Crippen LogP contribution >= 0.6 is 15.9 Å². The number of benzene rings is 1. The van der Waals surface area contributed by atoms with Gasteiger partial charge in [-0.25, -0.2) is 0 Å². The van der Waals surface area contributed by atoms with Crippen LogP contribution in [0.15, 0.2) is 16.6 Å². The topological polar surface area (TPSA) is 55.5 Å². The Balaban J connectivity index is 3.11. The van der Waals surface area contributed by atoms with Crippen molar-refractivity contribution >= 4 is 15.9 Å². The molecule has 0 aliphatic rings. The summed E-state index contributed by atoms with van der Waals surface area (Å²) in [4.78, 5) is 0. The number of rotatable bonds is 3. The minimum atomic E-state index is 0.169. The Labute approximate surface area is 85.6 Å². The number of ether oxygens (including phenoxy) is 1. The van der Waals surface area contributed by atoms with Crippen molar-refractivity contribution in [2.24, 2.45) is 5.73 Å². The van der Waals surface area contributed by atoms with Crippen LogP contribution in [0.4, 0.5) is 0 Å². The van der Waals surface area contributed by atoms with Crippen molar-refractivity contribution in [1.29, 1.82) is 0 Å². The van der Waals surface area contributed by atoms with E-state index in [0.717, 1.165) is 10.0 Å². The van der Waals surface area contributed by atoms with E-state index >= 15 is 0 Å². The molecule has 13 heavy (non-hydrogen) atoms. The number of nitrogens with two attached hydrogens (primary N) is 1. The highest BCUT2D eigenvalue weighted by Gasteiger charge is 2.10. The second-order valence-corrected chi connectivity index (χ2v) is 3.48. The summed E-state index contributed by atoms with van der Waals surface area (Å²) in [6.07, 6.45) is 0.648. The van der Waals surface area contributed by atoms with Crippen molar-refractivity contribution in [3.05, 3.63) is 22.2 Å². The Morgan fingerprint density at radius 1 is 1.54 bits per heavy atom. The number of aromatic hydroxyl groups is 1. The van der Waals surface area contributed by atoms with Crippen LogP contribution < -0.4 is 10.5 Å². The van der Waals surface area contributed by atoms with Gasteiger partial charge in [0.15, 0.2) is 11.5 Å². The van der Waals surface area contributed by atoms with Gasteiger partial charge in [-0.2, -0.15) is 0 Å². The van der Waals surface area contributed by atoms with Gasteiger partial charge in [0.1, 0.15) is 0 Å². The Morgan fingerprint density at radius 2 is 2.23 bits per heavy atom. The maximum atomic E-state index is 9.69. The minimum Gasteiger partial charge on any atom is -0.504 e. The summed E-state index contributed by atoms with van der Waals surface area (Å²) in [5.41, 5.74) is 6.20. The summed E-state index contributed by atoms with van der Waals surface area (Å²) in [5.74, 6) is 0.633. The number of methoxy groups -OCH3 is 1. The molecule has 0 bridgehead atoms. The van der Waals surface area contributed by atoms with Crippen molar-refractivity contribution in [3.8, 4) is 11.5 Å². The fourth-order valence-corrected chi connectivity index (χ4v) is 1.62. The lowest BCUT2D eigenvalue weighted by Gasteiger charge is -2.09. The van der Waals surface area contributed by atoms with Crippen LogP contribution in [0.5, 0.6) is 11.5 Å². The molecule has 72 valence electrons. The van der Waals surface area contributed by atoms with Crippen LogP contribution in [0.25, 0.3) is 0 Å². The van der Waals surface area contributed by atoms with Crippen molar-refractivity contribution in [2.75, 3.05) is 13.7 Å². The van der Waals surface area contributed by atoms with E-state index in [4.69, 9.17) is 10.5 Å². The summed E-state index contributed by atoms with van der Waals surface area (Å²) in [7, 11) is 1.52. The molecule has 0 atom stereocenters. The second kappa shape index (κ2) is 4.48. The van der Waals surface area contributed by atoms with E-state index in [2.05, 4.69) is 15.9 Å². The molecule has 0 unspecified atom stereocenters. The van der Waals surface area contributed by atoms with E-state index in [1.807, 2.05) is 12.1 Å². The lowest BCUT2D eigenvalue weighted by atomic mass is 10.1. The molecule has 3 nitrogen and oxygen atoms in total. The first-order valence-corrected chi connectivity index (χ1v) is 4.74. The summed E-state index contributed by atoms with van der Waals surface area (Å²) in [6, 6.07) is 3.67. The van der Waals surface area contributed by atoms with Crippen molar-refractivity contribution in [3.63, 3.8) is 0 Å². The first kappa shape index (κ1) is 10.3. The molecule has 0 saturated carbocycles. The van der Waals surface area contributed by atoms with Gasteiger partial charge in [0.25, 0.3) is 0 Å². The highest BCUT2D eigenvalue weighted by molar-refractivity contribution is 9.10. The maximum Gasteiger partial charge on any atom is 0.174 e. The first-order valence-electron chi connectivity index (χ1n) is 3.95. The predicted octanol–water partition coefficient (Wildman–Crippen LogP) is 1.66. The molecule has 3 N–H and O–H groups in total. The Kier molecular flexibility index (Phi) is 3.57. The smallest absolute Gasteiger partial charge is 0.174 e. The lowest BCUT2D eigenvalue weighted by molar-refractivity contribution is 0.368. The highest BCUT2D eigenvalue weighted by Crippen LogP contribution is 2.36. The third kappa shape index (κ3) is 2.14. The summed E-state index contributed by atoms with van der Waals surface area (Å²) < 4.78 is 5.77. The van der Waals surface area contributed by atoms with Gasteiger partial charge < -0.3 is 15.6 Å². The van der Waals surface area contributed by atoms with Crippen LogP contribution in [0.2, 0.25) is 0 Å². The highest BCUT2D eigenvalue weighted by atomic mass is 79.9. The molecular formula is C9H12BrNO2. The summed E-state index contributed by atoms with van der Waals surface area (Å²) in [5, 5.41) is 9.69. The number of phenolic OH excluding ortho intramolecular Hbond substituents is 1. The van der Waals surface area contributed by atoms with Gasteiger partial charge in [-0.1, -0.05) is 6.07 Å². The standard InChI is InChI=1S/C9H12BrNO2/c1-13-9-7(10)3-2-6(4-5-11)8(9)12/h2-3,12H,4-5,11H2,1H3. The Bertz CT molecular complexity index is 302. The monoisotopic (exact) mass is 245 g/mol. The molecule has 0 spiro atoms. The Hall–Kier alpha value is -0.740. The van der Waals surface area contributed by atoms with Gasteiger partial charge >= 0.3 is 0 Å². The van der Waals surface area contributed by atoms with Gasteiger partial charge in [0.05, 0.1) is 11.6 Å². The van der Waals surface area contributed by atoms with Crippen LogP contribution in [-0.4, -0.2) is 18.8 Å². The largest absolute Gasteiger partial charge is 0.504 e. The van der Waals surface area contributed by atoms with Crippen molar-refractivity contribution < 1.29 is 9.84 Å². The van der Waals surface area contributed by atoms with Crippen LogP contribution in [0, 0.1) is 0 Å². The zero-order chi connectivity index (χ0) is 9.84. The number of phenols is 1. The third-order valence-electron chi connectivity index (χ3n) is 1.78. The molecule has 0 aliphatic heterocycles. The molecule has 0 saturated heterocycles. The Morgan fingerprint density at radius 3 is 2.77 bits per heavy atom. The quantitative estimate of drug-likeness (QED) is 0.852. The average Bonchev–Trinajstić information content (AvgIpc) is 2.11. The molecule has 1 aromatic carbocycles. The maximum absolute atomic E-state index is 9.69. The molecule has 0 aromatic heterocycles. The molecular weight excluding hydrogens is 234 g/mol. The molecule has 0 amide bonds. The summed E-state index contributed by atoms with van der Waals surface area (Å²) in [6.45, 7) is 0.512. The lowest BCUT2D eigenvalue weighted by Crippen LogP contribution is -2.03. The molecule has 1 aromatic rings. The van der Waals surface area contributed by atoms with E-state index in [1.54, 1.807) is 0 Å². The second-order valence-electron chi connectivity index (χ2n) is 2.63. The molecule has 0 aliphatic carbocycles. The predicted molar refractivity (Wildman–Crippen MR) is 55.1 cm³/mol. The van der Waals surface area contributed by atoms with E-state index in [9.17, 15) is 5.11 Å². The summed E-state index contributed by atoms with van der Waals surface area (Å²) >= 11 is 3.28. The van der Waals surface area contributed by atoms with Crippen LogP contribution in [-0.2, 0) is 6.42 Å². The first-order chi connectivity index (χ1) is 6.20. The molecule has 0 heterocycles. The van der Waals surface area contributed by atoms with Gasteiger partial charge in [-0.15, -0.1) is 0 Å². The molecule has 0 radical (unpaired) electrons. The SMILES string of the molecule is COc1c(Br)ccc(CCN)c1O. The molecule has 1 rings (SSSR count). The normalized spacial score (nSPS) is 10.1. The van der Waals surface area contributed by atoms with Gasteiger partial charge in [0, 0.05) is 0 Å². The number of halogens is 1. The molecule has 4 heteroatoms. The molecule has 0 fully saturated rings. The van der Waals surface area contributed by atoms with Gasteiger partial charge in [-0.05, 0) is 40.5 Å². The van der Waals surface area contributed by atoms with E-state index in [0.29, 0.717) is 18.7 Å². The third-order valence-corrected chi connectivity index (χ3v) is 2.41. The van der Waals surface area contributed by atoms with Crippen molar-refractivity contribution in [2.45, 2.75) is 6.42 Å². The van der Waals surface area contributed by atoms with Crippen molar-refractivity contribution in [1.82, 2.24) is 0 Å². The van der Waals surface area contributed by atoms with Crippen LogP contribution in [0.1, 0.15) is 5.56 Å². The van der Waals surface area contributed by atoms with E-state index in [-0.39, 0.29) is 5.75 Å². The van der Waals surface area contributed by atoms with Gasteiger partial charge in [0.2, 0.25) is 0 Å². The number of hydrogen-bond donors (Lipinski definition) is 2.